The van der Waals surface area contributed by atoms with Gasteiger partial charge in [0.2, 0.25) is 5.91 Å². The number of carbonyl (C=O) groups excluding carboxylic acids is 1. The Hall–Kier alpha value is -1.68. The number of aliphatic imine (C=N–C) groups is 1. The van der Waals surface area contributed by atoms with E-state index in [4.69, 9.17) is 4.99 Å². The topological polar surface area (TPSA) is 35.9 Å². The molecule has 1 aliphatic carbocycles. The number of rotatable bonds is 2. The van der Waals surface area contributed by atoms with Crippen molar-refractivity contribution < 1.29 is 4.79 Å². The minimum Gasteiger partial charge on any atom is -0.293 e. The van der Waals surface area contributed by atoms with Crippen LogP contribution in [0.1, 0.15) is 77.7 Å². The summed E-state index contributed by atoms with van der Waals surface area (Å²) < 4.78 is 0. The average Bonchev–Trinajstić information content (AvgIpc) is 2.90. The van der Waals surface area contributed by atoms with Gasteiger partial charge in [0.05, 0.1) is 22.7 Å². The SMILES string of the molecule is Cc1ccc(N2C(=O)C3(CCCCC3)[C@H](N3CCCCC3)C2=NC(C)(C)C)cc1. The van der Waals surface area contributed by atoms with E-state index in [1.54, 1.807) is 0 Å². The van der Waals surface area contributed by atoms with Gasteiger partial charge < -0.3 is 0 Å². The van der Waals surface area contributed by atoms with E-state index in [2.05, 4.69) is 56.9 Å². The Kier molecular flexibility index (Phi) is 5.58. The van der Waals surface area contributed by atoms with Crippen molar-refractivity contribution in [2.75, 3.05) is 18.0 Å². The van der Waals surface area contributed by atoms with Crippen LogP contribution in [0, 0.1) is 12.3 Å². The highest BCUT2D eigenvalue weighted by atomic mass is 16.2. The second-order valence-corrected chi connectivity index (χ2v) is 10.3. The van der Waals surface area contributed by atoms with Crippen LogP contribution in [0.2, 0.25) is 0 Å². The first-order valence-corrected chi connectivity index (χ1v) is 11.6. The number of benzene rings is 1. The van der Waals surface area contributed by atoms with Crippen molar-refractivity contribution in [1.82, 2.24) is 4.90 Å². The fourth-order valence-corrected chi connectivity index (χ4v) is 5.57. The van der Waals surface area contributed by atoms with E-state index in [0.717, 1.165) is 50.3 Å². The fraction of sp³-hybridized carbons (Fsp3) is 0.680. The molecule has 29 heavy (non-hydrogen) atoms. The molecule has 4 nitrogen and oxygen atoms in total. The Balaban J connectivity index is 1.86. The summed E-state index contributed by atoms with van der Waals surface area (Å²) in [6.07, 6.45) is 9.32. The van der Waals surface area contributed by atoms with Gasteiger partial charge in [0.15, 0.2) is 0 Å². The Morgan fingerprint density at radius 1 is 0.931 bits per heavy atom. The molecule has 2 saturated heterocycles. The number of hydrogen-bond acceptors (Lipinski definition) is 3. The third-order valence-corrected chi connectivity index (χ3v) is 6.87. The minimum absolute atomic E-state index is 0.121. The van der Waals surface area contributed by atoms with Gasteiger partial charge in [-0.3, -0.25) is 19.6 Å². The van der Waals surface area contributed by atoms with Gasteiger partial charge in [-0.1, -0.05) is 43.4 Å². The van der Waals surface area contributed by atoms with E-state index in [1.165, 1.54) is 31.2 Å². The maximum atomic E-state index is 14.1. The van der Waals surface area contributed by atoms with Crippen molar-refractivity contribution in [3.8, 4) is 0 Å². The summed E-state index contributed by atoms with van der Waals surface area (Å²) in [5.74, 6) is 1.29. The predicted molar refractivity (Wildman–Crippen MR) is 121 cm³/mol. The van der Waals surface area contributed by atoms with Crippen LogP contribution in [0.3, 0.4) is 0 Å². The second-order valence-electron chi connectivity index (χ2n) is 10.3. The maximum Gasteiger partial charge on any atom is 0.240 e. The quantitative estimate of drug-likeness (QED) is 0.677. The minimum atomic E-state index is -0.301. The first-order valence-electron chi connectivity index (χ1n) is 11.6. The smallest absolute Gasteiger partial charge is 0.240 e. The number of aryl methyl sites for hydroxylation is 1. The van der Waals surface area contributed by atoms with Gasteiger partial charge in [-0.25, -0.2) is 0 Å². The zero-order valence-electron chi connectivity index (χ0n) is 18.7. The molecular formula is C25H37N3O. The molecule has 2 heterocycles. The highest BCUT2D eigenvalue weighted by molar-refractivity contribution is 6.27. The van der Waals surface area contributed by atoms with Gasteiger partial charge in [0, 0.05) is 0 Å². The number of amidine groups is 1. The van der Waals surface area contributed by atoms with Gasteiger partial charge in [0.25, 0.3) is 0 Å². The van der Waals surface area contributed by atoms with Gasteiger partial charge in [-0.2, -0.15) is 0 Å². The van der Waals surface area contributed by atoms with E-state index < -0.39 is 0 Å². The van der Waals surface area contributed by atoms with Gasteiger partial charge in [-0.15, -0.1) is 0 Å². The molecule has 1 aromatic rings. The normalized spacial score (nSPS) is 27.2. The Morgan fingerprint density at radius 3 is 2.10 bits per heavy atom. The predicted octanol–water partition coefficient (Wildman–Crippen LogP) is 5.34. The Morgan fingerprint density at radius 2 is 1.52 bits per heavy atom. The molecule has 1 aromatic carbocycles. The van der Waals surface area contributed by atoms with Crippen LogP contribution >= 0.6 is 0 Å². The number of anilines is 1. The number of hydrogen-bond donors (Lipinski definition) is 0. The van der Waals surface area contributed by atoms with Crippen LogP contribution in [0.4, 0.5) is 5.69 Å². The van der Waals surface area contributed by atoms with E-state index in [1.807, 2.05) is 4.90 Å². The number of piperidine rings is 1. The monoisotopic (exact) mass is 395 g/mol. The molecule has 4 rings (SSSR count). The molecule has 2 aliphatic heterocycles. The summed E-state index contributed by atoms with van der Waals surface area (Å²) in [5, 5.41) is 0. The molecule has 1 saturated carbocycles. The van der Waals surface area contributed by atoms with Crippen LogP contribution in [-0.2, 0) is 4.79 Å². The van der Waals surface area contributed by atoms with Crippen LogP contribution in [0.25, 0.3) is 0 Å². The van der Waals surface area contributed by atoms with Crippen molar-refractivity contribution in [3.63, 3.8) is 0 Å². The third kappa shape index (κ3) is 3.88. The third-order valence-electron chi connectivity index (χ3n) is 6.87. The first kappa shape index (κ1) is 20.6. The molecule has 1 spiro atoms. The van der Waals surface area contributed by atoms with Crippen molar-refractivity contribution in [2.45, 2.75) is 90.6 Å². The number of likely N-dealkylation sites (tertiary alicyclic amines) is 1. The maximum absolute atomic E-state index is 14.1. The standard InChI is InChI=1S/C25H37N3O/c1-19-11-13-20(14-12-19)28-22(26-24(2,3)4)21(27-17-9-6-10-18-27)25(23(28)29)15-7-5-8-16-25/h11-14,21H,5-10,15-18H2,1-4H3/t21-/m1/s1. The lowest BCUT2D eigenvalue weighted by Gasteiger charge is -2.43. The van der Waals surface area contributed by atoms with Crippen molar-refractivity contribution in [3.05, 3.63) is 29.8 Å². The van der Waals surface area contributed by atoms with Crippen molar-refractivity contribution in [1.29, 1.82) is 0 Å². The second kappa shape index (κ2) is 7.86. The molecule has 1 atom stereocenters. The van der Waals surface area contributed by atoms with Crippen molar-refractivity contribution >= 4 is 17.4 Å². The van der Waals surface area contributed by atoms with E-state index in [0.29, 0.717) is 5.91 Å². The molecule has 158 valence electrons. The average molecular weight is 396 g/mol. The molecule has 0 N–H and O–H groups in total. The summed E-state index contributed by atoms with van der Waals surface area (Å²) in [4.78, 5) is 24.0. The Labute approximate surface area is 176 Å². The summed E-state index contributed by atoms with van der Waals surface area (Å²) in [7, 11) is 0. The van der Waals surface area contributed by atoms with Crippen molar-refractivity contribution in [2.24, 2.45) is 10.4 Å². The number of nitrogens with zero attached hydrogens (tertiary/aromatic N) is 3. The molecule has 4 heteroatoms. The summed E-state index contributed by atoms with van der Waals surface area (Å²) in [5.41, 5.74) is 1.68. The lowest BCUT2D eigenvalue weighted by molar-refractivity contribution is -0.130. The van der Waals surface area contributed by atoms with E-state index >= 15 is 0 Å². The van der Waals surface area contributed by atoms with Crippen LogP contribution < -0.4 is 4.90 Å². The zero-order valence-corrected chi connectivity index (χ0v) is 18.7. The largest absolute Gasteiger partial charge is 0.293 e. The molecule has 3 fully saturated rings. The van der Waals surface area contributed by atoms with Crippen LogP contribution in [0.5, 0.6) is 0 Å². The molecule has 1 amide bonds. The van der Waals surface area contributed by atoms with Crippen LogP contribution in [0.15, 0.2) is 29.3 Å². The fourth-order valence-electron chi connectivity index (χ4n) is 5.57. The van der Waals surface area contributed by atoms with Crippen LogP contribution in [-0.4, -0.2) is 41.3 Å². The highest BCUT2D eigenvalue weighted by Gasteiger charge is 2.60. The van der Waals surface area contributed by atoms with E-state index in [-0.39, 0.29) is 17.0 Å². The number of amides is 1. The zero-order chi connectivity index (χ0) is 20.6. The molecular weight excluding hydrogens is 358 g/mol. The molecule has 0 radical (unpaired) electrons. The molecule has 0 aromatic heterocycles. The summed E-state index contributed by atoms with van der Waals surface area (Å²) >= 11 is 0. The molecule has 0 bridgehead atoms. The molecule has 3 aliphatic rings. The summed E-state index contributed by atoms with van der Waals surface area (Å²) in [6, 6.07) is 8.54. The van der Waals surface area contributed by atoms with Gasteiger partial charge >= 0.3 is 0 Å². The highest BCUT2D eigenvalue weighted by Crippen LogP contribution is 2.50. The first-order chi connectivity index (χ1) is 13.8. The lowest BCUT2D eigenvalue weighted by atomic mass is 9.69. The lowest BCUT2D eigenvalue weighted by Crippen LogP contribution is -2.53. The van der Waals surface area contributed by atoms with Gasteiger partial charge in [-0.05, 0) is 78.6 Å². The Bertz CT molecular complexity index is 762. The summed E-state index contributed by atoms with van der Waals surface area (Å²) in [6.45, 7) is 10.7. The van der Waals surface area contributed by atoms with Gasteiger partial charge in [0.1, 0.15) is 5.84 Å². The molecule has 0 unspecified atom stereocenters. The number of carbonyl (C=O) groups is 1. The van der Waals surface area contributed by atoms with E-state index in [9.17, 15) is 4.79 Å².